The lowest BCUT2D eigenvalue weighted by Crippen LogP contribution is -2.17. The van der Waals surface area contributed by atoms with Crippen LogP contribution in [0.2, 0.25) is 0 Å². The molecule has 0 heterocycles. The van der Waals surface area contributed by atoms with Crippen LogP contribution in [0, 0.1) is 0 Å². The fourth-order valence-corrected chi connectivity index (χ4v) is 0. The molecule has 0 aliphatic heterocycles. The zero-order valence-electron chi connectivity index (χ0n) is 3.48. The summed E-state index contributed by atoms with van der Waals surface area (Å²) in [6.07, 6.45) is 0. The Morgan fingerprint density at radius 3 is 1.57 bits per heavy atom. The molecule has 0 rings (SSSR count). The summed E-state index contributed by atoms with van der Waals surface area (Å²) in [6.45, 7) is 0. The van der Waals surface area contributed by atoms with Crippen LogP contribution in [0.4, 0.5) is 0 Å². The summed E-state index contributed by atoms with van der Waals surface area (Å²) < 4.78 is 0. The Hall–Kier alpha value is -0.610. The molecule has 0 aliphatic rings. The molecule has 0 fully saturated rings. The van der Waals surface area contributed by atoms with Gasteiger partial charge in [0.15, 0.2) is 0 Å². The van der Waals surface area contributed by atoms with E-state index in [2.05, 4.69) is 17.3 Å². The number of hydrogen-bond acceptors (Lipinski definition) is 3. The number of rotatable bonds is 1. The third kappa shape index (κ3) is 5.39. The molecule has 0 bridgehead atoms. The fourth-order valence-electron chi connectivity index (χ4n) is 0. The standard InChI is InChI=1S/C2H2ClNO2.H3N/c3-1(5)2(4)6;/h(H2,4,6);1H3. The Morgan fingerprint density at radius 1 is 1.43 bits per heavy atom. The highest BCUT2D eigenvalue weighted by Crippen LogP contribution is 1.71. The molecule has 0 atom stereocenters. The van der Waals surface area contributed by atoms with E-state index in [-0.39, 0.29) is 6.15 Å². The van der Waals surface area contributed by atoms with E-state index in [1.165, 1.54) is 0 Å². The van der Waals surface area contributed by atoms with Gasteiger partial charge in [0.25, 0.3) is 0 Å². The zero-order valence-corrected chi connectivity index (χ0v) is 4.23. The predicted octanol–water partition coefficient (Wildman–Crippen LogP) is -0.601. The summed E-state index contributed by atoms with van der Waals surface area (Å²) in [7, 11) is 0. The van der Waals surface area contributed by atoms with Crippen molar-refractivity contribution in [3.63, 3.8) is 0 Å². The topological polar surface area (TPSA) is 95.2 Å². The van der Waals surface area contributed by atoms with Crippen molar-refractivity contribution in [3.8, 4) is 0 Å². The average Bonchev–Trinajstić information content (AvgIpc) is 1.36. The van der Waals surface area contributed by atoms with Crippen LogP contribution in [0.3, 0.4) is 0 Å². The van der Waals surface area contributed by atoms with Crippen LogP contribution in [0.5, 0.6) is 0 Å². The molecule has 1 amide bonds. The summed E-state index contributed by atoms with van der Waals surface area (Å²) in [4.78, 5) is 18.9. The molecule has 0 aliphatic carbocycles. The van der Waals surface area contributed by atoms with Crippen molar-refractivity contribution >= 4 is 22.8 Å². The van der Waals surface area contributed by atoms with E-state index >= 15 is 0 Å². The van der Waals surface area contributed by atoms with E-state index in [9.17, 15) is 9.59 Å². The van der Waals surface area contributed by atoms with Crippen molar-refractivity contribution in [2.45, 2.75) is 0 Å². The highest BCUT2D eigenvalue weighted by molar-refractivity contribution is 6.80. The van der Waals surface area contributed by atoms with Gasteiger partial charge in [0.05, 0.1) is 0 Å². The van der Waals surface area contributed by atoms with Crippen molar-refractivity contribution in [2.24, 2.45) is 5.73 Å². The second-order valence-electron chi connectivity index (χ2n) is 0.638. The maximum atomic E-state index is 9.44. The largest absolute Gasteiger partial charge is 0.362 e. The smallest absolute Gasteiger partial charge is 0.309 e. The van der Waals surface area contributed by atoms with Gasteiger partial charge in [0.1, 0.15) is 0 Å². The third-order valence-corrected chi connectivity index (χ3v) is 0.380. The summed E-state index contributed by atoms with van der Waals surface area (Å²) >= 11 is 4.50. The van der Waals surface area contributed by atoms with Crippen molar-refractivity contribution in [3.05, 3.63) is 0 Å². The number of nitrogens with two attached hydrogens (primary N) is 1. The second kappa shape index (κ2) is 3.58. The van der Waals surface area contributed by atoms with E-state index in [4.69, 9.17) is 0 Å². The first-order valence-corrected chi connectivity index (χ1v) is 1.51. The van der Waals surface area contributed by atoms with Crippen molar-refractivity contribution < 1.29 is 9.59 Å². The number of primary amides is 1. The maximum Gasteiger partial charge on any atom is 0.309 e. The minimum absolute atomic E-state index is 0. The Bertz CT molecular complexity index is 79.7. The van der Waals surface area contributed by atoms with E-state index in [1.54, 1.807) is 0 Å². The predicted molar refractivity (Wildman–Crippen MR) is 25.1 cm³/mol. The Kier molecular flexibility index (Phi) is 4.92. The Balaban J connectivity index is 0. The van der Waals surface area contributed by atoms with Crippen LogP contribution in [-0.4, -0.2) is 11.1 Å². The number of amides is 1. The van der Waals surface area contributed by atoms with Crippen LogP contribution in [0.15, 0.2) is 0 Å². The molecule has 5 heteroatoms. The first-order chi connectivity index (χ1) is 2.64. The van der Waals surface area contributed by atoms with Gasteiger partial charge in [0, 0.05) is 0 Å². The van der Waals surface area contributed by atoms with Gasteiger partial charge in [-0.15, -0.1) is 0 Å². The van der Waals surface area contributed by atoms with Crippen molar-refractivity contribution in [1.82, 2.24) is 6.15 Å². The van der Waals surface area contributed by atoms with Gasteiger partial charge in [-0.25, -0.2) is 0 Å². The molecular formula is C2H5ClN2O2. The molecular weight excluding hydrogens is 119 g/mol. The third-order valence-electron chi connectivity index (χ3n) is 0.194. The monoisotopic (exact) mass is 124 g/mol. The van der Waals surface area contributed by atoms with Gasteiger partial charge < -0.3 is 11.9 Å². The van der Waals surface area contributed by atoms with Crippen LogP contribution in [-0.2, 0) is 9.59 Å². The molecule has 42 valence electrons. The van der Waals surface area contributed by atoms with Gasteiger partial charge in [0.2, 0.25) is 0 Å². The SMILES string of the molecule is N.NC(=O)C(=O)Cl. The van der Waals surface area contributed by atoms with Gasteiger partial charge in [-0.1, -0.05) is 0 Å². The second-order valence-corrected chi connectivity index (χ2v) is 0.981. The molecule has 5 N–H and O–H groups in total. The molecule has 0 saturated carbocycles. The van der Waals surface area contributed by atoms with Crippen molar-refractivity contribution in [2.75, 3.05) is 0 Å². The number of hydrogen-bond donors (Lipinski definition) is 2. The average molecular weight is 125 g/mol. The van der Waals surface area contributed by atoms with Gasteiger partial charge in [-0.2, -0.15) is 0 Å². The van der Waals surface area contributed by atoms with Gasteiger partial charge in [-0.05, 0) is 11.6 Å². The highest BCUT2D eigenvalue weighted by atomic mass is 35.5. The Labute approximate surface area is 45.2 Å². The molecule has 4 nitrogen and oxygen atoms in total. The van der Waals surface area contributed by atoms with Crippen LogP contribution in [0.25, 0.3) is 0 Å². The molecule has 0 aromatic carbocycles. The number of carbonyl (C=O) groups is 2. The highest BCUT2D eigenvalue weighted by Gasteiger charge is 1.99. The normalized spacial score (nSPS) is 6.43. The number of carbonyl (C=O) groups excluding carboxylic acids is 2. The van der Waals surface area contributed by atoms with Gasteiger partial charge >= 0.3 is 11.1 Å². The van der Waals surface area contributed by atoms with E-state index in [0.717, 1.165) is 0 Å². The maximum absolute atomic E-state index is 9.44. The first kappa shape index (κ1) is 9.63. The van der Waals surface area contributed by atoms with Crippen LogP contribution in [0.1, 0.15) is 0 Å². The van der Waals surface area contributed by atoms with Gasteiger partial charge in [-0.3, -0.25) is 9.59 Å². The van der Waals surface area contributed by atoms with E-state index in [0.29, 0.717) is 0 Å². The Morgan fingerprint density at radius 2 is 1.57 bits per heavy atom. The quantitative estimate of drug-likeness (QED) is 0.361. The molecule has 0 aromatic rings. The lowest BCUT2D eigenvalue weighted by Gasteiger charge is -1.71. The van der Waals surface area contributed by atoms with Crippen LogP contribution < -0.4 is 11.9 Å². The van der Waals surface area contributed by atoms with E-state index in [1.807, 2.05) is 0 Å². The summed E-state index contributed by atoms with van der Waals surface area (Å²) in [5, 5.41) is -1.13. The molecule has 0 aromatic heterocycles. The lowest BCUT2D eigenvalue weighted by atomic mass is 10.7. The zero-order chi connectivity index (χ0) is 5.15. The molecule has 7 heavy (non-hydrogen) atoms. The summed E-state index contributed by atoms with van der Waals surface area (Å²) in [5.41, 5.74) is 4.31. The molecule has 0 unspecified atom stereocenters. The number of halogens is 1. The molecule has 0 spiro atoms. The minimum atomic E-state index is -1.13. The van der Waals surface area contributed by atoms with Crippen LogP contribution >= 0.6 is 11.6 Å². The summed E-state index contributed by atoms with van der Waals surface area (Å²) in [6, 6.07) is 0. The van der Waals surface area contributed by atoms with E-state index < -0.39 is 11.1 Å². The molecule has 0 saturated heterocycles. The summed E-state index contributed by atoms with van der Waals surface area (Å²) in [5.74, 6) is -1.11. The fraction of sp³-hybridized carbons (Fsp3) is 0. The van der Waals surface area contributed by atoms with Crippen molar-refractivity contribution in [1.29, 1.82) is 0 Å². The molecule has 0 radical (unpaired) electrons. The first-order valence-electron chi connectivity index (χ1n) is 1.14. The lowest BCUT2D eigenvalue weighted by molar-refractivity contribution is -0.131. The minimum Gasteiger partial charge on any atom is -0.362 e.